The van der Waals surface area contributed by atoms with Crippen LogP contribution in [0.2, 0.25) is 0 Å². The van der Waals surface area contributed by atoms with E-state index in [1.807, 2.05) is 54.3 Å². The molecule has 9 nitrogen and oxygen atoms in total. The summed E-state index contributed by atoms with van der Waals surface area (Å²) in [6.45, 7) is 2.62. The average molecular weight is 350 g/mol. The topological polar surface area (TPSA) is 97.8 Å². The number of aryl methyl sites for hydroxylation is 1. The second-order valence-corrected chi connectivity index (χ2v) is 6.13. The highest BCUT2D eigenvalue weighted by Gasteiger charge is 2.14. The minimum absolute atomic E-state index is 0.369. The van der Waals surface area contributed by atoms with Gasteiger partial charge in [0.1, 0.15) is 0 Å². The zero-order valence-corrected chi connectivity index (χ0v) is 14.7. The molecule has 0 aliphatic carbocycles. The normalized spacial score (nSPS) is 11.0. The van der Waals surface area contributed by atoms with Crippen LogP contribution in [0.25, 0.3) is 17.0 Å². The molecule has 4 aromatic rings. The monoisotopic (exact) mass is 350 g/mol. The molecule has 0 atom stereocenters. The van der Waals surface area contributed by atoms with Crippen LogP contribution in [0.4, 0.5) is 11.6 Å². The Morgan fingerprint density at radius 3 is 2.65 bits per heavy atom. The summed E-state index contributed by atoms with van der Waals surface area (Å²) in [4.78, 5) is 10.7. The fourth-order valence-electron chi connectivity index (χ4n) is 2.65. The van der Waals surface area contributed by atoms with Gasteiger partial charge in [-0.2, -0.15) is 5.10 Å². The average Bonchev–Trinajstić information content (AvgIpc) is 3.28. The van der Waals surface area contributed by atoms with Crippen LogP contribution in [0.5, 0.6) is 0 Å². The van der Waals surface area contributed by atoms with Crippen LogP contribution < -0.4 is 10.2 Å². The largest absolute Gasteiger partial charge is 0.363 e. The first-order valence-electron chi connectivity index (χ1n) is 8.13. The van der Waals surface area contributed by atoms with Crippen molar-refractivity contribution in [1.82, 2.24) is 30.1 Å². The molecular weight excluding hydrogens is 332 g/mol. The Bertz CT molecular complexity index is 1050. The predicted octanol–water partition coefficient (Wildman–Crippen LogP) is 2.19. The summed E-state index contributed by atoms with van der Waals surface area (Å²) in [7, 11) is 3.79. The van der Waals surface area contributed by atoms with Crippen LogP contribution in [0.1, 0.15) is 11.1 Å². The van der Waals surface area contributed by atoms with Gasteiger partial charge in [-0.05, 0) is 28.9 Å². The first-order chi connectivity index (χ1) is 12.6. The minimum atomic E-state index is 0.369. The third kappa shape index (κ3) is 2.94. The molecule has 0 bridgehead atoms. The predicted molar refractivity (Wildman–Crippen MR) is 97.3 cm³/mol. The zero-order chi connectivity index (χ0) is 18.1. The van der Waals surface area contributed by atoms with Crippen molar-refractivity contribution >= 4 is 22.9 Å². The number of nitrogens with zero attached hydrogens (tertiary/aromatic N) is 7. The minimum Gasteiger partial charge on any atom is -0.363 e. The molecule has 0 aliphatic heterocycles. The van der Waals surface area contributed by atoms with Gasteiger partial charge in [-0.3, -0.25) is 0 Å². The summed E-state index contributed by atoms with van der Waals surface area (Å²) >= 11 is 0. The van der Waals surface area contributed by atoms with Crippen LogP contribution in [-0.2, 0) is 6.54 Å². The van der Waals surface area contributed by atoms with E-state index in [2.05, 4.69) is 43.7 Å². The molecule has 0 radical (unpaired) electrons. The van der Waals surface area contributed by atoms with Crippen molar-refractivity contribution in [1.29, 1.82) is 0 Å². The molecule has 1 N–H and O–H groups in total. The summed E-state index contributed by atoms with van der Waals surface area (Å²) in [5.74, 6) is 1.28. The highest BCUT2D eigenvalue weighted by molar-refractivity contribution is 5.73. The number of nitrogens with one attached hydrogen (secondary N) is 1. The molecule has 0 fully saturated rings. The van der Waals surface area contributed by atoms with Gasteiger partial charge in [0.05, 0.1) is 11.9 Å². The van der Waals surface area contributed by atoms with Gasteiger partial charge in [0.25, 0.3) is 0 Å². The lowest BCUT2D eigenvalue weighted by molar-refractivity contribution is 0.314. The maximum Gasteiger partial charge on any atom is 0.245 e. The summed E-state index contributed by atoms with van der Waals surface area (Å²) in [6.07, 6.45) is 3.83. The first kappa shape index (κ1) is 16.0. The van der Waals surface area contributed by atoms with Gasteiger partial charge >= 0.3 is 0 Å². The van der Waals surface area contributed by atoms with Crippen molar-refractivity contribution in [2.75, 3.05) is 24.3 Å². The number of hydrogen-bond donors (Lipinski definition) is 1. The van der Waals surface area contributed by atoms with E-state index in [-0.39, 0.29) is 0 Å². The highest BCUT2D eigenvalue weighted by Crippen LogP contribution is 2.22. The van der Waals surface area contributed by atoms with E-state index < -0.39 is 0 Å². The lowest BCUT2D eigenvalue weighted by Crippen LogP contribution is -2.15. The van der Waals surface area contributed by atoms with Crippen LogP contribution in [0, 0.1) is 6.92 Å². The number of fused-ring (bicyclic) bond motifs is 1. The molecule has 0 aliphatic rings. The molecule has 0 unspecified atom stereocenters. The van der Waals surface area contributed by atoms with Gasteiger partial charge in [-0.15, -0.1) is 0 Å². The van der Waals surface area contributed by atoms with Gasteiger partial charge in [0, 0.05) is 32.4 Å². The molecule has 3 aromatic heterocycles. The molecule has 0 saturated heterocycles. The number of benzene rings is 1. The first-order valence-corrected chi connectivity index (χ1v) is 8.13. The van der Waals surface area contributed by atoms with E-state index in [0.717, 1.165) is 11.3 Å². The summed E-state index contributed by atoms with van der Waals surface area (Å²) in [5, 5.41) is 15.2. The molecule has 0 saturated carbocycles. The van der Waals surface area contributed by atoms with E-state index in [4.69, 9.17) is 4.63 Å². The van der Waals surface area contributed by atoms with Crippen molar-refractivity contribution in [2.24, 2.45) is 0 Å². The fraction of sp³-hybridized carbons (Fsp3) is 0.235. The van der Waals surface area contributed by atoms with Gasteiger partial charge in [-0.1, -0.05) is 18.2 Å². The van der Waals surface area contributed by atoms with Gasteiger partial charge in [0.2, 0.25) is 11.3 Å². The SMILES string of the molecule is Cc1ccccc1-n1cc(CNc2nc3nonc3nc2N(C)C)cn1. The standard InChI is InChI=1S/C17H18N8O/c1-11-6-4-5-7-13(11)25-10-12(9-19-25)8-18-16-17(24(2)3)21-15-14(20-16)22-26-23-15/h4-7,9-10H,8H2,1-3H3,(H,18,20,22). The molecule has 0 amide bonds. The third-order valence-electron chi connectivity index (χ3n) is 3.98. The van der Waals surface area contributed by atoms with E-state index in [0.29, 0.717) is 29.5 Å². The number of hydrogen-bond acceptors (Lipinski definition) is 8. The number of anilines is 2. The summed E-state index contributed by atoms with van der Waals surface area (Å²) < 4.78 is 6.57. The fourth-order valence-corrected chi connectivity index (χ4v) is 2.65. The Morgan fingerprint density at radius 2 is 1.88 bits per heavy atom. The molecule has 9 heteroatoms. The second-order valence-electron chi connectivity index (χ2n) is 6.13. The van der Waals surface area contributed by atoms with Crippen molar-refractivity contribution in [2.45, 2.75) is 13.5 Å². The van der Waals surface area contributed by atoms with Gasteiger partial charge < -0.3 is 10.2 Å². The van der Waals surface area contributed by atoms with E-state index >= 15 is 0 Å². The maximum absolute atomic E-state index is 4.70. The van der Waals surface area contributed by atoms with Crippen LogP contribution >= 0.6 is 0 Å². The van der Waals surface area contributed by atoms with Crippen LogP contribution in [0.15, 0.2) is 41.3 Å². The van der Waals surface area contributed by atoms with Gasteiger partial charge in [-0.25, -0.2) is 19.3 Å². The lowest BCUT2D eigenvalue weighted by atomic mass is 10.2. The molecule has 3 heterocycles. The zero-order valence-electron chi connectivity index (χ0n) is 14.7. The van der Waals surface area contributed by atoms with Crippen LogP contribution in [-0.4, -0.2) is 44.2 Å². The molecule has 4 rings (SSSR count). The molecule has 26 heavy (non-hydrogen) atoms. The summed E-state index contributed by atoms with van der Waals surface area (Å²) in [5.41, 5.74) is 4.00. The van der Waals surface area contributed by atoms with Crippen molar-refractivity contribution < 1.29 is 4.63 Å². The Balaban J connectivity index is 1.57. The van der Waals surface area contributed by atoms with Crippen molar-refractivity contribution in [3.8, 4) is 5.69 Å². The Labute approximate surface area is 149 Å². The van der Waals surface area contributed by atoms with Crippen LogP contribution in [0.3, 0.4) is 0 Å². The summed E-state index contributed by atoms with van der Waals surface area (Å²) in [6, 6.07) is 8.12. The number of aromatic nitrogens is 6. The Morgan fingerprint density at radius 1 is 1.12 bits per heavy atom. The number of para-hydroxylation sites is 1. The maximum atomic E-state index is 4.70. The molecule has 1 aromatic carbocycles. The van der Waals surface area contributed by atoms with E-state index in [1.54, 1.807) is 0 Å². The van der Waals surface area contributed by atoms with Crippen molar-refractivity contribution in [3.63, 3.8) is 0 Å². The number of rotatable bonds is 5. The Kier molecular flexibility index (Phi) is 3.96. The molecule has 0 spiro atoms. The smallest absolute Gasteiger partial charge is 0.245 e. The second kappa shape index (κ2) is 6.43. The third-order valence-corrected chi connectivity index (χ3v) is 3.98. The van der Waals surface area contributed by atoms with E-state index in [1.165, 1.54) is 5.56 Å². The van der Waals surface area contributed by atoms with Gasteiger partial charge in [0.15, 0.2) is 11.6 Å². The quantitative estimate of drug-likeness (QED) is 0.585. The van der Waals surface area contributed by atoms with Crippen molar-refractivity contribution in [3.05, 3.63) is 47.8 Å². The molecule has 132 valence electrons. The molecular formula is C17H18N8O. The Hall–Kier alpha value is -3.49. The highest BCUT2D eigenvalue weighted by atomic mass is 16.6. The lowest BCUT2D eigenvalue weighted by Gasteiger charge is -2.15. The van der Waals surface area contributed by atoms with E-state index in [9.17, 15) is 0 Å².